The Morgan fingerprint density at radius 3 is 2.12 bits per heavy atom. The van der Waals surface area contributed by atoms with Gasteiger partial charge in [0.2, 0.25) is 0 Å². The van der Waals surface area contributed by atoms with Crippen molar-refractivity contribution in [3.05, 3.63) is 89.5 Å². The van der Waals surface area contributed by atoms with Gasteiger partial charge in [0.25, 0.3) is 0 Å². The predicted molar refractivity (Wildman–Crippen MR) is 138 cm³/mol. The van der Waals surface area contributed by atoms with Crippen LogP contribution < -0.4 is 11.2 Å². The van der Waals surface area contributed by atoms with E-state index in [1.54, 1.807) is 16.7 Å². The van der Waals surface area contributed by atoms with Crippen molar-refractivity contribution in [2.24, 2.45) is 5.73 Å². The number of pyridine rings is 1. The minimum Gasteiger partial charge on any atom is -0.321 e. The summed E-state index contributed by atoms with van der Waals surface area (Å²) in [5.41, 5.74) is 11.6. The quantitative estimate of drug-likeness (QED) is 0.280. The van der Waals surface area contributed by atoms with Gasteiger partial charge in [-0.05, 0) is 50.3 Å². The Balaban J connectivity index is 0.000000398. The molecule has 0 unspecified atom stereocenters. The summed E-state index contributed by atoms with van der Waals surface area (Å²) in [5.74, 6) is 0.373. The van der Waals surface area contributed by atoms with E-state index < -0.39 is 0 Å². The highest BCUT2D eigenvalue weighted by Gasteiger charge is 2.34. The molecule has 0 amide bonds. The molecule has 1 saturated carbocycles. The van der Waals surface area contributed by atoms with Gasteiger partial charge >= 0.3 is 0 Å². The molecule has 4 N–H and O–H groups in total. The fourth-order valence-corrected chi connectivity index (χ4v) is 4.23. The monoisotopic (exact) mass is 452 g/mol. The van der Waals surface area contributed by atoms with E-state index in [4.69, 9.17) is 26.5 Å². The number of nitrogens with one attached hydrogen (secondary N) is 2. The van der Waals surface area contributed by atoms with Crippen molar-refractivity contribution in [3.63, 3.8) is 0 Å². The molecule has 0 atom stereocenters. The second-order valence-corrected chi connectivity index (χ2v) is 8.86. The zero-order valence-electron chi connectivity index (χ0n) is 19.9. The van der Waals surface area contributed by atoms with Gasteiger partial charge < -0.3 is 5.73 Å². The number of rotatable bonds is 4. The number of hydrogen-bond donors (Lipinski definition) is 3. The molecule has 4 aromatic rings. The fraction of sp³-hybridized carbons (Fsp3) is 0.286. The second kappa shape index (κ2) is 10.1. The first-order chi connectivity index (χ1) is 16.4. The standard InChI is InChI=1S/C22H26N6.C6H6/c1-3-5-18(23)28-19(24)11-10-17-21(28)26-14(2)20(27-17)15-6-8-16(9-7-15)22(25)12-4-13-22;1-2-4-6-5-3-1/h6-11,23-24H,3-5,12-13,25H2,1-2H3;1-6H. The van der Waals surface area contributed by atoms with Crippen LogP contribution in [0.1, 0.15) is 50.3 Å². The second-order valence-electron chi connectivity index (χ2n) is 8.86. The largest absolute Gasteiger partial charge is 0.321 e. The third-order valence-corrected chi connectivity index (χ3v) is 6.33. The van der Waals surface area contributed by atoms with E-state index in [-0.39, 0.29) is 11.0 Å². The molecule has 0 bridgehead atoms. The minimum absolute atomic E-state index is 0.168. The maximum absolute atomic E-state index is 8.31. The van der Waals surface area contributed by atoms with Crippen LogP contribution in [0.15, 0.2) is 72.8 Å². The lowest BCUT2D eigenvalue weighted by molar-refractivity contribution is 0.253. The molecule has 6 heteroatoms. The average Bonchev–Trinajstić information content (AvgIpc) is 2.84. The molecule has 5 rings (SSSR count). The maximum Gasteiger partial charge on any atom is 0.166 e. The van der Waals surface area contributed by atoms with Crippen LogP contribution in [0, 0.1) is 17.7 Å². The van der Waals surface area contributed by atoms with Gasteiger partial charge in [-0.3, -0.25) is 15.4 Å². The first-order valence-electron chi connectivity index (χ1n) is 11.9. The highest BCUT2D eigenvalue weighted by Crippen LogP contribution is 2.39. The number of nitrogens with zero attached hydrogens (tertiary/aromatic N) is 3. The lowest BCUT2D eigenvalue weighted by Gasteiger charge is -2.38. The van der Waals surface area contributed by atoms with Crippen LogP contribution in [-0.2, 0) is 5.54 Å². The van der Waals surface area contributed by atoms with Gasteiger partial charge in [0.15, 0.2) is 5.65 Å². The smallest absolute Gasteiger partial charge is 0.166 e. The van der Waals surface area contributed by atoms with Gasteiger partial charge in [0.1, 0.15) is 16.8 Å². The first kappa shape index (κ1) is 23.5. The number of benzene rings is 2. The van der Waals surface area contributed by atoms with E-state index in [1.165, 1.54) is 12.0 Å². The summed E-state index contributed by atoms with van der Waals surface area (Å²) < 4.78 is 1.58. The van der Waals surface area contributed by atoms with Crippen LogP contribution in [0.2, 0.25) is 0 Å². The van der Waals surface area contributed by atoms with Crippen LogP contribution in [0.4, 0.5) is 0 Å². The van der Waals surface area contributed by atoms with Gasteiger partial charge in [0, 0.05) is 17.5 Å². The van der Waals surface area contributed by atoms with E-state index >= 15 is 0 Å². The zero-order chi connectivity index (χ0) is 24.1. The number of aryl methyl sites for hydroxylation is 1. The fourth-order valence-electron chi connectivity index (χ4n) is 4.23. The number of aromatic nitrogens is 3. The summed E-state index contributed by atoms with van der Waals surface area (Å²) in [6.07, 6.45) is 4.72. The molecule has 2 aromatic carbocycles. The van der Waals surface area contributed by atoms with Crippen molar-refractivity contribution in [1.82, 2.24) is 14.5 Å². The summed E-state index contributed by atoms with van der Waals surface area (Å²) in [5, 5.41) is 16.5. The Hall–Kier alpha value is -3.64. The number of hydrogen-bond acceptors (Lipinski definition) is 5. The van der Waals surface area contributed by atoms with E-state index in [9.17, 15) is 0 Å². The topological polar surface area (TPSA) is 104 Å². The molecule has 1 fully saturated rings. The normalized spacial score (nSPS) is 14.1. The van der Waals surface area contributed by atoms with Crippen molar-refractivity contribution in [3.8, 4) is 11.3 Å². The summed E-state index contributed by atoms with van der Waals surface area (Å²) in [7, 11) is 0. The summed E-state index contributed by atoms with van der Waals surface area (Å²) >= 11 is 0. The number of nitrogens with two attached hydrogens (primary N) is 1. The Morgan fingerprint density at radius 1 is 0.971 bits per heavy atom. The van der Waals surface area contributed by atoms with Crippen LogP contribution in [0.3, 0.4) is 0 Å². The van der Waals surface area contributed by atoms with E-state index in [2.05, 4.69) is 24.3 Å². The molecule has 6 nitrogen and oxygen atoms in total. The SMILES string of the molecule is CCCC(=N)n1c(=N)ccc2nc(-c3ccc(C4(N)CCC4)cc3)c(C)nc21.c1ccccc1. The van der Waals surface area contributed by atoms with Crippen molar-refractivity contribution in [2.45, 2.75) is 51.5 Å². The predicted octanol–water partition coefficient (Wildman–Crippen LogP) is 5.54. The summed E-state index contributed by atoms with van der Waals surface area (Å²) in [4.78, 5) is 9.55. The van der Waals surface area contributed by atoms with E-state index in [0.29, 0.717) is 23.4 Å². The summed E-state index contributed by atoms with van der Waals surface area (Å²) in [6, 6.07) is 23.8. The minimum atomic E-state index is -0.168. The molecular formula is C28H32N6. The molecule has 174 valence electrons. The molecule has 0 spiro atoms. The molecule has 1 aliphatic rings. The van der Waals surface area contributed by atoms with Crippen LogP contribution in [0.5, 0.6) is 0 Å². The van der Waals surface area contributed by atoms with Gasteiger partial charge in [-0.1, -0.05) is 67.6 Å². The molecular weight excluding hydrogens is 420 g/mol. The Morgan fingerprint density at radius 2 is 1.59 bits per heavy atom. The van der Waals surface area contributed by atoms with Gasteiger partial charge in [-0.15, -0.1) is 0 Å². The van der Waals surface area contributed by atoms with Crippen molar-refractivity contribution in [1.29, 1.82) is 10.8 Å². The molecule has 0 aliphatic heterocycles. The first-order valence-corrected chi connectivity index (χ1v) is 11.9. The lowest BCUT2D eigenvalue weighted by atomic mass is 9.72. The highest BCUT2D eigenvalue weighted by molar-refractivity contribution is 5.90. The van der Waals surface area contributed by atoms with Gasteiger partial charge in [-0.25, -0.2) is 9.97 Å². The molecule has 2 aromatic heterocycles. The Kier molecular flexibility index (Phi) is 6.98. The Bertz CT molecular complexity index is 1310. The molecule has 0 radical (unpaired) electrons. The third kappa shape index (κ3) is 4.82. The van der Waals surface area contributed by atoms with E-state index in [0.717, 1.165) is 36.2 Å². The Labute approximate surface area is 200 Å². The lowest BCUT2D eigenvalue weighted by Crippen LogP contribution is -2.43. The van der Waals surface area contributed by atoms with Crippen LogP contribution >= 0.6 is 0 Å². The summed E-state index contributed by atoms with van der Waals surface area (Å²) in [6.45, 7) is 3.95. The maximum atomic E-state index is 8.31. The zero-order valence-corrected chi connectivity index (χ0v) is 19.9. The van der Waals surface area contributed by atoms with E-state index in [1.807, 2.05) is 50.2 Å². The highest BCUT2D eigenvalue weighted by atomic mass is 15.1. The van der Waals surface area contributed by atoms with Crippen molar-refractivity contribution >= 4 is 17.0 Å². The average molecular weight is 453 g/mol. The third-order valence-electron chi connectivity index (χ3n) is 6.33. The molecule has 34 heavy (non-hydrogen) atoms. The van der Waals surface area contributed by atoms with Gasteiger partial charge in [0.05, 0.1) is 11.4 Å². The van der Waals surface area contributed by atoms with Gasteiger partial charge in [-0.2, -0.15) is 0 Å². The molecule has 1 aliphatic carbocycles. The van der Waals surface area contributed by atoms with Crippen LogP contribution in [0.25, 0.3) is 22.4 Å². The van der Waals surface area contributed by atoms with Crippen LogP contribution in [-0.4, -0.2) is 20.4 Å². The molecule has 2 heterocycles. The molecule has 0 saturated heterocycles. The van der Waals surface area contributed by atoms with Crippen molar-refractivity contribution in [2.75, 3.05) is 0 Å². The number of fused-ring (bicyclic) bond motifs is 1. The van der Waals surface area contributed by atoms with Crippen molar-refractivity contribution < 1.29 is 0 Å².